The summed E-state index contributed by atoms with van der Waals surface area (Å²) in [6.07, 6.45) is -0.153. The van der Waals surface area contributed by atoms with Gasteiger partial charge >= 0.3 is 6.03 Å². The maximum atomic E-state index is 14.0. The molecule has 0 aromatic heterocycles. The van der Waals surface area contributed by atoms with Crippen LogP contribution in [0.25, 0.3) is 0 Å². The van der Waals surface area contributed by atoms with Gasteiger partial charge < -0.3 is 10.2 Å². The van der Waals surface area contributed by atoms with Crippen LogP contribution in [-0.2, 0) is 19.9 Å². The van der Waals surface area contributed by atoms with E-state index in [2.05, 4.69) is 10.7 Å². The molecular formula is C21H19FN4O4. The Labute approximate surface area is 171 Å². The van der Waals surface area contributed by atoms with Crippen molar-refractivity contribution in [2.24, 2.45) is 5.92 Å². The van der Waals surface area contributed by atoms with Crippen molar-refractivity contribution >= 4 is 29.4 Å². The molecule has 154 valence electrons. The van der Waals surface area contributed by atoms with E-state index in [1.807, 2.05) is 0 Å². The molecule has 2 N–H and O–H groups in total. The maximum absolute atomic E-state index is 14.0. The van der Waals surface area contributed by atoms with Crippen LogP contribution in [0.1, 0.15) is 18.9 Å². The fourth-order valence-corrected chi connectivity index (χ4v) is 3.70. The number of hydrazine groups is 1. The first-order valence-electron chi connectivity index (χ1n) is 9.39. The second-order valence-corrected chi connectivity index (χ2v) is 7.39. The van der Waals surface area contributed by atoms with Crippen molar-refractivity contribution in [3.63, 3.8) is 0 Å². The number of benzene rings is 2. The van der Waals surface area contributed by atoms with Gasteiger partial charge in [0, 0.05) is 13.0 Å². The summed E-state index contributed by atoms with van der Waals surface area (Å²) in [5, 5.41) is 3.22. The summed E-state index contributed by atoms with van der Waals surface area (Å²) in [5.41, 5.74) is 1.65. The minimum Gasteiger partial charge on any atom is -0.318 e. The van der Waals surface area contributed by atoms with Gasteiger partial charge in [0.15, 0.2) is 0 Å². The zero-order valence-corrected chi connectivity index (χ0v) is 16.1. The molecule has 2 aromatic carbocycles. The van der Waals surface area contributed by atoms with Crippen LogP contribution in [0, 0.1) is 11.7 Å². The van der Waals surface area contributed by atoms with Crippen molar-refractivity contribution in [2.45, 2.75) is 18.9 Å². The molecule has 4 rings (SSSR count). The highest BCUT2D eigenvalue weighted by Gasteiger charge is 2.50. The quantitative estimate of drug-likeness (QED) is 0.750. The zero-order chi connectivity index (χ0) is 21.5. The lowest BCUT2D eigenvalue weighted by Crippen LogP contribution is -2.50. The van der Waals surface area contributed by atoms with Crippen LogP contribution in [0.5, 0.6) is 0 Å². The van der Waals surface area contributed by atoms with Gasteiger partial charge in [-0.25, -0.2) is 9.18 Å². The Morgan fingerprint density at radius 1 is 1.10 bits per heavy atom. The first-order chi connectivity index (χ1) is 14.3. The molecule has 0 radical (unpaired) electrons. The number of rotatable bonds is 4. The Bertz CT molecular complexity index is 1040. The van der Waals surface area contributed by atoms with E-state index < -0.39 is 41.0 Å². The van der Waals surface area contributed by atoms with Crippen molar-refractivity contribution in [1.82, 2.24) is 15.8 Å². The number of halogens is 1. The molecule has 30 heavy (non-hydrogen) atoms. The number of urea groups is 1. The summed E-state index contributed by atoms with van der Waals surface area (Å²) >= 11 is 0. The lowest BCUT2D eigenvalue weighted by molar-refractivity contribution is -0.140. The SMILES string of the molecule is C[C@]1(c2ccccc2)NC(=O)N(NC(=O)[C@@H]2CC(=O)N(c3ccccc3F)C2)C1=O. The van der Waals surface area contributed by atoms with E-state index in [1.165, 1.54) is 23.1 Å². The Kier molecular flexibility index (Phi) is 4.73. The number of carbonyl (C=O) groups is 4. The first kappa shape index (κ1) is 19.6. The average Bonchev–Trinajstić information content (AvgIpc) is 3.22. The van der Waals surface area contributed by atoms with Gasteiger partial charge in [-0.2, -0.15) is 5.01 Å². The summed E-state index contributed by atoms with van der Waals surface area (Å²) in [4.78, 5) is 51.5. The van der Waals surface area contributed by atoms with Crippen LogP contribution in [-0.4, -0.2) is 35.3 Å². The summed E-state index contributed by atoms with van der Waals surface area (Å²) in [5.74, 6) is -3.11. The predicted molar refractivity (Wildman–Crippen MR) is 104 cm³/mol. The van der Waals surface area contributed by atoms with Gasteiger partial charge in [0.25, 0.3) is 5.91 Å². The second-order valence-electron chi connectivity index (χ2n) is 7.39. The van der Waals surface area contributed by atoms with Crippen LogP contribution in [0.15, 0.2) is 54.6 Å². The van der Waals surface area contributed by atoms with Gasteiger partial charge in [0.2, 0.25) is 11.8 Å². The molecule has 2 fully saturated rings. The Morgan fingerprint density at radius 3 is 2.47 bits per heavy atom. The highest BCUT2D eigenvalue weighted by Crippen LogP contribution is 2.29. The molecule has 2 atom stereocenters. The van der Waals surface area contributed by atoms with Gasteiger partial charge in [-0.05, 0) is 24.6 Å². The number of hydrogen-bond donors (Lipinski definition) is 2. The monoisotopic (exact) mass is 410 g/mol. The number of imide groups is 1. The van der Waals surface area contributed by atoms with E-state index in [0.717, 1.165) is 0 Å². The fourth-order valence-electron chi connectivity index (χ4n) is 3.70. The lowest BCUT2D eigenvalue weighted by atomic mass is 9.92. The van der Waals surface area contributed by atoms with E-state index in [0.29, 0.717) is 10.6 Å². The topological polar surface area (TPSA) is 98.8 Å². The largest absolute Gasteiger partial charge is 0.344 e. The molecule has 8 nitrogen and oxygen atoms in total. The number of nitrogens with one attached hydrogen (secondary N) is 2. The van der Waals surface area contributed by atoms with Crippen molar-refractivity contribution < 1.29 is 23.6 Å². The van der Waals surface area contributed by atoms with E-state index >= 15 is 0 Å². The average molecular weight is 410 g/mol. The van der Waals surface area contributed by atoms with Gasteiger partial charge in [-0.3, -0.25) is 19.8 Å². The molecular weight excluding hydrogens is 391 g/mol. The molecule has 2 saturated heterocycles. The van der Waals surface area contributed by atoms with E-state index in [4.69, 9.17) is 0 Å². The van der Waals surface area contributed by atoms with Crippen LogP contribution in [0.3, 0.4) is 0 Å². The Hall–Kier alpha value is -3.75. The molecule has 0 aliphatic carbocycles. The molecule has 0 saturated carbocycles. The van der Waals surface area contributed by atoms with Crippen molar-refractivity contribution in [1.29, 1.82) is 0 Å². The normalized spacial score (nSPS) is 23.7. The fraction of sp³-hybridized carbons (Fsp3) is 0.238. The number of carbonyl (C=O) groups excluding carboxylic acids is 4. The van der Waals surface area contributed by atoms with Crippen LogP contribution < -0.4 is 15.6 Å². The smallest absolute Gasteiger partial charge is 0.318 e. The number of para-hydroxylation sites is 1. The maximum Gasteiger partial charge on any atom is 0.344 e. The Balaban J connectivity index is 1.48. The molecule has 2 aliphatic heterocycles. The number of hydrogen-bond acceptors (Lipinski definition) is 4. The van der Waals surface area contributed by atoms with Crippen LogP contribution in [0.2, 0.25) is 0 Å². The molecule has 5 amide bonds. The summed E-state index contributed by atoms with van der Waals surface area (Å²) in [6, 6.07) is 13.7. The van der Waals surface area contributed by atoms with Gasteiger partial charge in [0.05, 0.1) is 11.6 Å². The molecule has 9 heteroatoms. The Morgan fingerprint density at radius 2 is 1.77 bits per heavy atom. The molecule has 0 bridgehead atoms. The van der Waals surface area contributed by atoms with E-state index in [1.54, 1.807) is 43.3 Å². The summed E-state index contributed by atoms with van der Waals surface area (Å²) in [7, 11) is 0. The van der Waals surface area contributed by atoms with Crippen molar-refractivity contribution in [3.8, 4) is 0 Å². The second kappa shape index (κ2) is 7.25. The van der Waals surface area contributed by atoms with Gasteiger partial charge in [0.1, 0.15) is 11.4 Å². The molecule has 2 aliphatic rings. The minimum absolute atomic E-state index is 0.0504. The summed E-state index contributed by atoms with van der Waals surface area (Å²) < 4.78 is 14.0. The van der Waals surface area contributed by atoms with E-state index in [-0.39, 0.29) is 18.7 Å². The standard InChI is InChI=1S/C21H19FN4O4/c1-21(14-7-3-2-4-8-14)19(29)26(20(30)23-21)24-18(28)13-11-17(27)25(12-13)16-10-6-5-9-15(16)22/h2-10,13H,11-12H2,1H3,(H,23,30)(H,24,28)/t13-,21-/m1/s1. The van der Waals surface area contributed by atoms with Crippen molar-refractivity contribution in [2.75, 3.05) is 11.4 Å². The highest BCUT2D eigenvalue weighted by atomic mass is 19.1. The molecule has 0 unspecified atom stereocenters. The van der Waals surface area contributed by atoms with Crippen LogP contribution in [0.4, 0.5) is 14.9 Å². The molecule has 0 spiro atoms. The molecule has 2 heterocycles. The van der Waals surface area contributed by atoms with Crippen LogP contribution >= 0.6 is 0 Å². The molecule has 2 aromatic rings. The van der Waals surface area contributed by atoms with E-state index in [9.17, 15) is 23.6 Å². The van der Waals surface area contributed by atoms with Gasteiger partial charge in [-0.15, -0.1) is 0 Å². The highest BCUT2D eigenvalue weighted by molar-refractivity contribution is 6.08. The third-order valence-corrected chi connectivity index (χ3v) is 5.40. The third-order valence-electron chi connectivity index (χ3n) is 5.40. The van der Waals surface area contributed by atoms with Gasteiger partial charge in [-0.1, -0.05) is 42.5 Å². The predicted octanol–water partition coefficient (Wildman–Crippen LogP) is 1.68. The third kappa shape index (κ3) is 3.18. The summed E-state index contributed by atoms with van der Waals surface area (Å²) in [6.45, 7) is 1.50. The zero-order valence-electron chi connectivity index (χ0n) is 16.1. The van der Waals surface area contributed by atoms with Crippen molar-refractivity contribution in [3.05, 3.63) is 66.0 Å². The number of amides is 5. The number of anilines is 1. The minimum atomic E-state index is -1.32. The first-order valence-corrected chi connectivity index (χ1v) is 9.39. The lowest BCUT2D eigenvalue weighted by Gasteiger charge is -2.22. The number of nitrogens with zero attached hydrogens (tertiary/aromatic N) is 2.